The Kier molecular flexibility index (Phi) is 8.35. The molecule has 2 aromatic carbocycles. The third kappa shape index (κ3) is 5.63. The van der Waals surface area contributed by atoms with E-state index in [9.17, 15) is 26.0 Å². The van der Waals surface area contributed by atoms with Crippen molar-refractivity contribution in [2.75, 3.05) is 43.4 Å². The lowest BCUT2D eigenvalue weighted by Gasteiger charge is -2.27. The highest BCUT2D eigenvalue weighted by Gasteiger charge is 2.29. The van der Waals surface area contributed by atoms with Crippen LogP contribution in [0, 0.1) is 5.82 Å². The highest BCUT2D eigenvalue weighted by atomic mass is 32.2. The van der Waals surface area contributed by atoms with Crippen LogP contribution in [0.15, 0.2) is 53.4 Å². The number of hydrogen-bond acceptors (Lipinski definition) is 5. The van der Waals surface area contributed by atoms with Crippen LogP contribution in [0.5, 0.6) is 0 Å². The van der Waals surface area contributed by atoms with Crippen LogP contribution in [-0.4, -0.2) is 65.1 Å². The molecule has 2 aromatic rings. The van der Waals surface area contributed by atoms with Gasteiger partial charge in [-0.2, -0.15) is 17.0 Å². The number of carbonyl (C=O) groups excluding carboxylic acids is 1. The number of amides is 1. The summed E-state index contributed by atoms with van der Waals surface area (Å²) < 4.78 is 67.6. The summed E-state index contributed by atoms with van der Waals surface area (Å²) in [6.07, 6.45) is 0. The van der Waals surface area contributed by atoms with Gasteiger partial charge in [0, 0.05) is 32.9 Å². The van der Waals surface area contributed by atoms with Crippen molar-refractivity contribution in [2.24, 2.45) is 0 Å². The number of anilines is 2. The first-order valence-corrected chi connectivity index (χ1v) is 12.6. The van der Waals surface area contributed by atoms with Crippen LogP contribution in [0.3, 0.4) is 0 Å². The standard InChI is InChI=1S/C20H27FN4O5S2/c1-5-24(6-2)31(27,28)17-13-11-16(12-14-17)22-20(26)15-25(32(29,30)23(3)4)19-10-8-7-9-18(19)21/h7-14H,5-6,15H2,1-4H3,(H,22,26). The molecular formula is C20H27FN4O5S2. The third-order valence-electron chi connectivity index (χ3n) is 4.63. The molecule has 0 fully saturated rings. The minimum atomic E-state index is -4.16. The first kappa shape index (κ1) is 25.7. The molecule has 0 unspecified atom stereocenters. The molecule has 0 heterocycles. The normalized spacial score (nSPS) is 12.2. The van der Waals surface area contributed by atoms with E-state index in [1.807, 2.05) is 0 Å². The van der Waals surface area contributed by atoms with Gasteiger partial charge in [0.2, 0.25) is 15.9 Å². The van der Waals surface area contributed by atoms with E-state index >= 15 is 0 Å². The second-order valence-electron chi connectivity index (χ2n) is 6.91. The number of para-hydroxylation sites is 1. The quantitative estimate of drug-likeness (QED) is 0.554. The van der Waals surface area contributed by atoms with E-state index in [0.29, 0.717) is 17.4 Å². The van der Waals surface area contributed by atoms with Gasteiger partial charge in [0.1, 0.15) is 12.4 Å². The molecule has 0 aliphatic rings. The average molecular weight is 487 g/mol. The molecule has 12 heteroatoms. The molecule has 1 amide bonds. The number of nitrogens with one attached hydrogen (secondary N) is 1. The maximum absolute atomic E-state index is 14.3. The maximum Gasteiger partial charge on any atom is 0.304 e. The summed E-state index contributed by atoms with van der Waals surface area (Å²) >= 11 is 0. The summed E-state index contributed by atoms with van der Waals surface area (Å²) in [5.41, 5.74) is 0.00115. The van der Waals surface area contributed by atoms with Crippen molar-refractivity contribution in [2.45, 2.75) is 18.7 Å². The zero-order valence-electron chi connectivity index (χ0n) is 18.3. The fourth-order valence-electron chi connectivity index (χ4n) is 2.90. The van der Waals surface area contributed by atoms with Gasteiger partial charge in [-0.3, -0.25) is 4.79 Å². The Morgan fingerprint density at radius 3 is 2.00 bits per heavy atom. The molecule has 0 aliphatic heterocycles. The van der Waals surface area contributed by atoms with Crippen LogP contribution >= 0.6 is 0 Å². The molecule has 0 bridgehead atoms. The third-order valence-corrected chi connectivity index (χ3v) is 8.50. The van der Waals surface area contributed by atoms with Crippen molar-refractivity contribution >= 4 is 37.5 Å². The lowest BCUT2D eigenvalue weighted by Crippen LogP contribution is -2.44. The van der Waals surface area contributed by atoms with E-state index in [-0.39, 0.29) is 16.3 Å². The summed E-state index contributed by atoms with van der Waals surface area (Å²) in [6.45, 7) is 3.44. The maximum atomic E-state index is 14.3. The molecular weight excluding hydrogens is 459 g/mol. The number of carbonyl (C=O) groups is 1. The summed E-state index contributed by atoms with van der Waals surface area (Å²) in [5.74, 6) is -1.52. The van der Waals surface area contributed by atoms with Gasteiger partial charge in [0.25, 0.3) is 0 Å². The van der Waals surface area contributed by atoms with Gasteiger partial charge in [0.15, 0.2) is 0 Å². The van der Waals surface area contributed by atoms with Crippen LogP contribution < -0.4 is 9.62 Å². The Morgan fingerprint density at radius 2 is 1.50 bits per heavy atom. The van der Waals surface area contributed by atoms with E-state index in [1.54, 1.807) is 13.8 Å². The van der Waals surface area contributed by atoms with Crippen molar-refractivity contribution in [1.29, 1.82) is 0 Å². The Morgan fingerprint density at radius 1 is 0.938 bits per heavy atom. The molecule has 9 nitrogen and oxygen atoms in total. The van der Waals surface area contributed by atoms with Crippen molar-refractivity contribution in [1.82, 2.24) is 8.61 Å². The minimum absolute atomic E-state index is 0.0716. The van der Waals surface area contributed by atoms with Crippen LogP contribution in [0.25, 0.3) is 0 Å². The van der Waals surface area contributed by atoms with Crippen molar-refractivity contribution in [3.8, 4) is 0 Å². The van der Waals surface area contributed by atoms with Crippen molar-refractivity contribution in [3.05, 3.63) is 54.3 Å². The molecule has 0 aliphatic carbocycles. The predicted octanol–water partition coefficient (Wildman–Crippen LogP) is 2.11. The van der Waals surface area contributed by atoms with Gasteiger partial charge in [-0.15, -0.1) is 0 Å². The fraction of sp³-hybridized carbons (Fsp3) is 0.350. The number of benzene rings is 2. The van der Waals surface area contributed by atoms with E-state index in [4.69, 9.17) is 0 Å². The largest absolute Gasteiger partial charge is 0.325 e. The van der Waals surface area contributed by atoms with Gasteiger partial charge >= 0.3 is 10.2 Å². The van der Waals surface area contributed by atoms with E-state index in [1.165, 1.54) is 60.9 Å². The van der Waals surface area contributed by atoms with Crippen LogP contribution in [0.4, 0.5) is 15.8 Å². The van der Waals surface area contributed by atoms with Gasteiger partial charge < -0.3 is 5.32 Å². The predicted molar refractivity (Wildman–Crippen MR) is 122 cm³/mol. The Bertz CT molecular complexity index is 1150. The number of rotatable bonds is 10. The van der Waals surface area contributed by atoms with Crippen molar-refractivity contribution < 1.29 is 26.0 Å². The number of halogens is 1. The van der Waals surface area contributed by atoms with E-state index < -0.39 is 38.5 Å². The molecule has 176 valence electrons. The Labute approximate surface area is 188 Å². The molecule has 0 aromatic heterocycles. The van der Waals surface area contributed by atoms with Crippen molar-refractivity contribution in [3.63, 3.8) is 0 Å². The summed E-state index contributed by atoms with van der Waals surface area (Å²) in [5, 5.41) is 2.51. The topological polar surface area (TPSA) is 107 Å². The summed E-state index contributed by atoms with van der Waals surface area (Å²) in [6, 6.07) is 10.8. The molecule has 0 saturated carbocycles. The van der Waals surface area contributed by atoms with Crippen LogP contribution in [0.2, 0.25) is 0 Å². The first-order valence-electron chi connectivity index (χ1n) is 9.79. The lowest BCUT2D eigenvalue weighted by atomic mass is 10.3. The SMILES string of the molecule is CCN(CC)S(=O)(=O)c1ccc(NC(=O)CN(c2ccccc2F)S(=O)(=O)N(C)C)cc1. The second kappa shape index (κ2) is 10.4. The Hall–Kier alpha value is -2.54. The van der Waals surface area contributed by atoms with Gasteiger partial charge in [-0.25, -0.2) is 17.1 Å². The molecule has 1 N–H and O–H groups in total. The van der Waals surface area contributed by atoms with Crippen LogP contribution in [0.1, 0.15) is 13.8 Å². The monoisotopic (exact) mass is 486 g/mol. The molecule has 32 heavy (non-hydrogen) atoms. The number of hydrogen-bond donors (Lipinski definition) is 1. The molecule has 0 spiro atoms. The number of sulfonamides is 1. The van der Waals surface area contributed by atoms with E-state index in [2.05, 4.69) is 5.32 Å². The highest BCUT2D eigenvalue weighted by Crippen LogP contribution is 2.23. The highest BCUT2D eigenvalue weighted by molar-refractivity contribution is 7.90. The number of nitrogens with zero attached hydrogens (tertiary/aromatic N) is 3. The smallest absolute Gasteiger partial charge is 0.304 e. The molecule has 2 rings (SSSR count). The van der Waals surface area contributed by atoms with Crippen LogP contribution in [-0.2, 0) is 25.0 Å². The Balaban J connectivity index is 2.25. The van der Waals surface area contributed by atoms with E-state index in [0.717, 1.165) is 10.4 Å². The molecule has 0 atom stereocenters. The summed E-state index contributed by atoms with van der Waals surface area (Å²) in [4.78, 5) is 12.6. The van der Waals surface area contributed by atoms with Gasteiger partial charge in [-0.05, 0) is 36.4 Å². The molecule has 0 saturated heterocycles. The summed E-state index contributed by atoms with van der Waals surface area (Å²) in [7, 11) is -5.26. The van der Waals surface area contributed by atoms with Gasteiger partial charge in [-0.1, -0.05) is 26.0 Å². The average Bonchev–Trinajstić information content (AvgIpc) is 2.73. The molecule has 0 radical (unpaired) electrons. The first-order chi connectivity index (χ1) is 14.9. The fourth-order valence-corrected chi connectivity index (χ4v) is 5.43. The zero-order chi connectivity index (χ0) is 24.1. The lowest BCUT2D eigenvalue weighted by molar-refractivity contribution is -0.114. The van der Waals surface area contributed by atoms with Gasteiger partial charge in [0.05, 0.1) is 10.6 Å². The zero-order valence-corrected chi connectivity index (χ0v) is 20.0. The minimum Gasteiger partial charge on any atom is -0.325 e. The second-order valence-corrected chi connectivity index (χ2v) is 10.9.